The molecule has 17 heavy (non-hydrogen) atoms. The number of hydrogen-bond acceptors (Lipinski definition) is 1. The monoisotopic (exact) mass is 254 g/mol. The average Bonchev–Trinajstić information content (AvgIpc) is 2.35. The molecule has 0 aliphatic heterocycles. The van der Waals surface area contributed by atoms with Crippen molar-refractivity contribution >= 4 is 11.6 Å². The average molecular weight is 255 g/mol. The molecule has 2 unspecified atom stereocenters. The van der Waals surface area contributed by atoms with Crippen LogP contribution in [0.1, 0.15) is 24.8 Å². The van der Waals surface area contributed by atoms with Gasteiger partial charge in [-0.15, -0.1) is 0 Å². The van der Waals surface area contributed by atoms with E-state index in [1.807, 2.05) is 0 Å². The number of aliphatic hydroxyl groups is 1. The summed E-state index contributed by atoms with van der Waals surface area (Å²) in [5, 5.41) is 10.6. The van der Waals surface area contributed by atoms with Gasteiger partial charge in [-0.2, -0.15) is 0 Å². The number of allylic oxidation sites excluding steroid dienone is 2. The molecule has 2 rings (SSSR count). The minimum atomic E-state index is -0.493. The molecule has 0 spiro atoms. The minimum absolute atomic E-state index is 0.235. The molecule has 1 nitrogen and oxygen atoms in total. The van der Waals surface area contributed by atoms with Gasteiger partial charge in [0.1, 0.15) is 5.82 Å². The molecule has 0 radical (unpaired) electrons. The molecule has 1 aliphatic carbocycles. The lowest BCUT2D eigenvalue weighted by Gasteiger charge is -2.24. The van der Waals surface area contributed by atoms with Gasteiger partial charge in [0, 0.05) is 11.4 Å². The summed E-state index contributed by atoms with van der Waals surface area (Å²) in [5.41, 5.74) is 0.500. The van der Waals surface area contributed by atoms with Crippen molar-refractivity contribution in [3.8, 4) is 0 Å². The Bertz CT molecular complexity index is 417. The maximum atomic E-state index is 13.5. The van der Waals surface area contributed by atoms with Crippen molar-refractivity contribution in [2.45, 2.75) is 31.8 Å². The molecule has 3 heteroatoms. The SMILES string of the molecule is OC(Cc1cc(Cl)ccc1F)C1CC=CCC1. The largest absolute Gasteiger partial charge is 0.392 e. The zero-order valence-corrected chi connectivity index (χ0v) is 10.3. The Balaban J connectivity index is 2.04. The van der Waals surface area contributed by atoms with E-state index in [-0.39, 0.29) is 11.7 Å². The summed E-state index contributed by atoms with van der Waals surface area (Å²) < 4.78 is 13.5. The fourth-order valence-electron chi connectivity index (χ4n) is 2.26. The van der Waals surface area contributed by atoms with Crippen molar-refractivity contribution in [2.24, 2.45) is 5.92 Å². The van der Waals surface area contributed by atoms with Crippen LogP contribution in [0, 0.1) is 11.7 Å². The van der Waals surface area contributed by atoms with Crippen LogP contribution in [0.5, 0.6) is 0 Å². The Morgan fingerprint density at radius 3 is 2.94 bits per heavy atom. The van der Waals surface area contributed by atoms with Crippen molar-refractivity contribution in [3.05, 3.63) is 46.8 Å². The first-order valence-corrected chi connectivity index (χ1v) is 6.31. The third-order valence-corrected chi connectivity index (χ3v) is 3.53. The van der Waals surface area contributed by atoms with Crippen LogP contribution in [0.3, 0.4) is 0 Å². The second kappa shape index (κ2) is 5.65. The van der Waals surface area contributed by atoms with Crippen LogP contribution in [0.4, 0.5) is 4.39 Å². The Hall–Kier alpha value is -0.860. The maximum Gasteiger partial charge on any atom is 0.126 e. The molecule has 0 heterocycles. The Morgan fingerprint density at radius 2 is 2.24 bits per heavy atom. The van der Waals surface area contributed by atoms with E-state index in [4.69, 9.17) is 11.6 Å². The number of benzene rings is 1. The fourth-order valence-corrected chi connectivity index (χ4v) is 2.45. The van der Waals surface area contributed by atoms with E-state index >= 15 is 0 Å². The van der Waals surface area contributed by atoms with Crippen molar-refractivity contribution in [3.63, 3.8) is 0 Å². The third-order valence-electron chi connectivity index (χ3n) is 3.29. The van der Waals surface area contributed by atoms with E-state index in [0.717, 1.165) is 19.3 Å². The summed E-state index contributed by atoms with van der Waals surface area (Å²) in [6.07, 6.45) is 6.91. The van der Waals surface area contributed by atoms with Crippen LogP contribution in [0.25, 0.3) is 0 Å². The highest BCUT2D eigenvalue weighted by atomic mass is 35.5. The summed E-state index contributed by atoms with van der Waals surface area (Å²) in [6.45, 7) is 0. The standard InChI is InChI=1S/C14H16ClFO/c15-12-6-7-13(16)11(8-12)9-14(17)10-4-2-1-3-5-10/h1-2,6-8,10,14,17H,3-5,9H2. The molecular formula is C14H16ClFO. The highest BCUT2D eigenvalue weighted by Crippen LogP contribution is 2.25. The lowest BCUT2D eigenvalue weighted by Crippen LogP contribution is -2.24. The fraction of sp³-hybridized carbons (Fsp3) is 0.429. The molecule has 92 valence electrons. The van der Waals surface area contributed by atoms with Gasteiger partial charge < -0.3 is 5.11 Å². The van der Waals surface area contributed by atoms with E-state index < -0.39 is 6.10 Å². The van der Waals surface area contributed by atoms with Crippen LogP contribution in [-0.4, -0.2) is 11.2 Å². The first kappa shape index (κ1) is 12.6. The normalized spacial score (nSPS) is 21.5. The van der Waals surface area contributed by atoms with Crippen LogP contribution < -0.4 is 0 Å². The number of hydrogen-bond donors (Lipinski definition) is 1. The molecule has 0 aromatic heterocycles. The molecule has 0 bridgehead atoms. The van der Waals surface area contributed by atoms with E-state index in [2.05, 4.69) is 12.2 Å². The molecule has 0 fully saturated rings. The lowest BCUT2D eigenvalue weighted by atomic mass is 9.86. The highest BCUT2D eigenvalue weighted by molar-refractivity contribution is 6.30. The summed E-state index contributed by atoms with van der Waals surface area (Å²) in [4.78, 5) is 0. The summed E-state index contributed by atoms with van der Waals surface area (Å²) >= 11 is 5.83. The molecule has 1 aliphatic rings. The zero-order valence-electron chi connectivity index (χ0n) is 9.57. The predicted molar refractivity (Wildman–Crippen MR) is 67.6 cm³/mol. The van der Waals surface area contributed by atoms with Crippen LogP contribution in [0.15, 0.2) is 30.4 Å². The molecule has 0 saturated carbocycles. The van der Waals surface area contributed by atoms with Gasteiger partial charge in [0.05, 0.1) is 6.10 Å². The van der Waals surface area contributed by atoms with Gasteiger partial charge in [-0.25, -0.2) is 4.39 Å². The Morgan fingerprint density at radius 1 is 1.41 bits per heavy atom. The predicted octanol–water partition coefficient (Wildman–Crippen LogP) is 3.74. The zero-order chi connectivity index (χ0) is 12.3. The van der Waals surface area contributed by atoms with Gasteiger partial charge in [-0.1, -0.05) is 23.8 Å². The maximum absolute atomic E-state index is 13.5. The smallest absolute Gasteiger partial charge is 0.126 e. The minimum Gasteiger partial charge on any atom is -0.392 e. The van der Waals surface area contributed by atoms with Gasteiger partial charge in [0.15, 0.2) is 0 Å². The van der Waals surface area contributed by atoms with E-state index in [1.54, 1.807) is 6.07 Å². The van der Waals surface area contributed by atoms with Gasteiger partial charge in [0.25, 0.3) is 0 Å². The second-order valence-electron chi connectivity index (χ2n) is 4.55. The topological polar surface area (TPSA) is 20.2 Å². The Kier molecular flexibility index (Phi) is 4.19. The van der Waals surface area contributed by atoms with Crippen molar-refractivity contribution in [2.75, 3.05) is 0 Å². The van der Waals surface area contributed by atoms with Crippen molar-refractivity contribution in [1.29, 1.82) is 0 Å². The van der Waals surface area contributed by atoms with Gasteiger partial charge >= 0.3 is 0 Å². The van der Waals surface area contributed by atoms with E-state index in [0.29, 0.717) is 17.0 Å². The quantitative estimate of drug-likeness (QED) is 0.815. The summed E-state index contributed by atoms with van der Waals surface area (Å²) in [7, 11) is 0. The van der Waals surface area contributed by atoms with Gasteiger partial charge in [-0.05, 0) is 48.9 Å². The third kappa shape index (κ3) is 3.30. The molecule has 1 aromatic carbocycles. The Labute approximate surface area is 106 Å². The van der Waals surface area contributed by atoms with Crippen molar-refractivity contribution in [1.82, 2.24) is 0 Å². The van der Waals surface area contributed by atoms with Gasteiger partial charge in [0.2, 0.25) is 0 Å². The lowest BCUT2D eigenvalue weighted by molar-refractivity contribution is 0.101. The summed E-state index contributed by atoms with van der Waals surface area (Å²) in [6, 6.07) is 4.47. The molecule has 1 N–H and O–H groups in total. The molecule has 2 atom stereocenters. The van der Waals surface area contributed by atoms with Crippen LogP contribution in [0.2, 0.25) is 5.02 Å². The molecule has 1 aromatic rings. The first-order chi connectivity index (χ1) is 8.16. The number of halogens is 2. The van der Waals surface area contributed by atoms with Crippen molar-refractivity contribution < 1.29 is 9.50 Å². The molecular weight excluding hydrogens is 239 g/mol. The van der Waals surface area contributed by atoms with Gasteiger partial charge in [-0.3, -0.25) is 0 Å². The van der Waals surface area contributed by atoms with Crippen LogP contribution >= 0.6 is 11.6 Å². The molecule has 0 saturated heterocycles. The van der Waals surface area contributed by atoms with E-state index in [9.17, 15) is 9.50 Å². The highest BCUT2D eigenvalue weighted by Gasteiger charge is 2.21. The number of aliphatic hydroxyl groups excluding tert-OH is 1. The second-order valence-corrected chi connectivity index (χ2v) is 4.99. The number of rotatable bonds is 3. The first-order valence-electron chi connectivity index (χ1n) is 5.94. The molecule has 0 amide bonds. The summed E-state index contributed by atoms with van der Waals surface area (Å²) in [5.74, 6) is -0.0572. The van der Waals surface area contributed by atoms with Crippen LogP contribution in [-0.2, 0) is 6.42 Å². The van der Waals surface area contributed by atoms with E-state index in [1.165, 1.54) is 12.1 Å².